The molecule has 1 aliphatic carbocycles. The minimum Gasteiger partial charge on any atom is -0.497 e. The molecule has 1 aromatic carbocycles. The van der Waals surface area contributed by atoms with Crippen LogP contribution in [0.2, 0.25) is 0 Å². The van der Waals surface area contributed by atoms with Crippen LogP contribution in [-0.4, -0.2) is 19.6 Å². The van der Waals surface area contributed by atoms with Crippen molar-refractivity contribution in [1.82, 2.24) is 5.32 Å². The van der Waals surface area contributed by atoms with Gasteiger partial charge in [-0.1, -0.05) is 12.2 Å². The summed E-state index contributed by atoms with van der Waals surface area (Å²) in [5.74, 6) is 1.08. The fourth-order valence-electron chi connectivity index (χ4n) is 2.25. The fraction of sp³-hybridized carbons (Fsp3) is 0.400. The average Bonchev–Trinajstić information content (AvgIpc) is 2.45. The predicted molar refractivity (Wildman–Crippen MR) is 76.2 cm³/mol. The number of allylic oxidation sites excluding steroid dienone is 2. The number of ether oxygens (including phenoxy) is 1. The predicted octanol–water partition coefficient (Wildman–Crippen LogP) is 2.36. The third kappa shape index (κ3) is 3.50. The average molecular weight is 260 g/mol. The van der Waals surface area contributed by atoms with Crippen LogP contribution in [0.15, 0.2) is 30.4 Å². The van der Waals surface area contributed by atoms with Crippen LogP contribution in [0, 0.1) is 5.92 Å². The Hall–Kier alpha value is -1.97. The Morgan fingerprint density at radius 2 is 2.32 bits per heavy atom. The molecule has 1 aromatic rings. The van der Waals surface area contributed by atoms with Crippen LogP contribution in [0.3, 0.4) is 0 Å². The highest BCUT2D eigenvalue weighted by Crippen LogP contribution is 2.20. The van der Waals surface area contributed by atoms with E-state index in [0.29, 0.717) is 29.5 Å². The molecular formula is C15H20N2O2. The molecule has 0 spiro atoms. The van der Waals surface area contributed by atoms with Crippen molar-refractivity contribution in [2.75, 3.05) is 19.4 Å². The molecule has 0 heterocycles. The van der Waals surface area contributed by atoms with E-state index in [-0.39, 0.29) is 5.91 Å². The summed E-state index contributed by atoms with van der Waals surface area (Å²) in [6.07, 6.45) is 7.65. The lowest BCUT2D eigenvalue weighted by atomic mass is 9.94. The summed E-state index contributed by atoms with van der Waals surface area (Å²) in [4.78, 5) is 12.1. The number of carbonyl (C=O) groups is 1. The van der Waals surface area contributed by atoms with Gasteiger partial charge in [-0.25, -0.2) is 0 Å². The largest absolute Gasteiger partial charge is 0.497 e. The molecule has 1 amide bonds. The molecule has 4 nitrogen and oxygen atoms in total. The third-order valence-electron chi connectivity index (χ3n) is 3.43. The first-order valence-corrected chi connectivity index (χ1v) is 6.57. The van der Waals surface area contributed by atoms with Gasteiger partial charge < -0.3 is 15.8 Å². The molecule has 2 rings (SSSR count). The van der Waals surface area contributed by atoms with Crippen molar-refractivity contribution in [3.8, 4) is 5.75 Å². The van der Waals surface area contributed by atoms with Crippen molar-refractivity contribution in [1.29, 1.82) is 0 Å². The van der Waals surface area contributed by atoms with E-state index in [1.165, 1.54) is 0 Å². The number of methoxy groups -OCH3 is 1. The second-order valence-corrected chi connectivity index (χ2v) is 4.81. The van der Waals surface area contributed by atoms with Gasteiger partial charge in [0.2, 0.25) is 0 Å². The number of carbonyl (C=O) groups excluding carboxylic acids is 1. The van der Waals surface area contributed by atoms with E-state index in [1.807, 2.05) is 0 Å². The zero-order valence-electron chi connectivity index (χ0n) is 11.2. The second-order valence-electron chi connectivity index (χ2n) is 4.81. The maximum atomic E-state index is 12.1. The third-order valence-corrected chi connectivity index (χ3v) is 3.43. The smallest absolute Gasteiger partial charge is 0.253 e. The van der Waals surface area contributed by atoms with E-state index in [9.17, 15) is 4.79 Å². The van der Waals surface area contributed by atoms with E-state index >= 15 is 0 Å². The Kier molecular flexibility index (Phi) is 4.44. The van der Waals surface area contributed by atoms with Crippen LogP contribution >= 0.6 is 0 Å². The van der Waals surface area contributed by atoms with Gasteiger partial charge in [-0.3, -0.25) is 4.79 Å². The Morgan fingerprint density at radius 3 is 2.95 bits per heavy atom. The topological polar surface area (TPSA) is 64.3 Å². The number of anilines is 1. The summed E-state index contributed by atoms with van der Waals surface area (Å²) >= 11 is 0. The number of hydrogen-bond acceptors (Lipinski definition) is 3. The van der Waals surface area contributed by atoms with Crippen molar-refractivity contribution in [2.24, 2.45) is 5.92 Å². The zero-order chi connectivity index (χ0) is 13.7. The molecule has 3 N–H and O–H groups in total. The van der Waals surface area contributed by atoms with Crippen molar-refractivity contribution < 1.29 is 9.53 Å². The highest BCUT2D eigenvalue weighted by atomic mass is 16.5. The highest BCUT2D eigenvalue weighted by molar-refractivity contribution is 5.99. The van der Waals surface area contributed by atoms with E-state index in [4.69, 9.17) is 10.5 Å². The molecular weight excluding hydrogens is 240 g/mol. The molecule has 4 heteroatoms. The number of benzene rings is 1. The van der Waals surface area contributed by atoms with Crippen LogP contribution in [0.1, 0.15) is 29.6 Å². The number of amides is 1. The summed E-state index contributed by atoms with van der Waals surface area (Å²) in [5.41, 5.74) is 6.81. The normalized spacial score (nSPS) is 18.1. The zero-order valence-corrected chi connectivity index (χ0v) is 11.2. The van der Waals surface area contributed by atoms with Crippen molar-refractivity contribution in [3.05, 3.63) is 35.9 Å². The van der Waals surface area contributed by atoms with Gasteiger partial charge in [-0.15, -0.1) is 0 Å². The minimum absolute atomic E-state index is 0.116. The van der Waals surface area contributed by atoms with Gasteiger partial charge in [0.15, 0.2) is 0 Å². The lowest BCUT2D eigenvalue weighted by Crippen LogP contribution is -2.30. The first-order valence-electron chi connectivity index (χ1n) is 6.57. The first kappa shape index (κ1) is 13.5. The van der Waals surface area contributed by atoms with Crippen LogP contribution in [0.4, 0.5) is 5.69 Å². The Morgan fingerprint density at radius 1 is 1.47 bits per heavy atom. The number of nitrogens with two attached hydrogens (primary N) is 1. The highest BCUT2D eigenvalue weighted by Gasteiger charge is 2.14. The van der Waals surface area contributed by atoms with Crippen molar-refractivity contribution in [2.45, 2.75) is 19.3 Å². The lowest BCUT2D eigenvalue weighted by molar-refractivity contribution is 0.0947. The standard InChI is InChI=1S/C15H20N2O2/c1-19-12-7-8-13(14(16)9-12)15(18)17-10-11-5-3-2-4-6-11/h2-3,7-9,11H,4-6,10,16H2,1H3,(H,17,18). The maximum absolute atomic E-state index is 12.1. The van der Waals surface area contributed by atoms with Gasteiger partial charge in [0.25, 0.3) is 5.91 Å². The van der Waals surface area contributed by atoms with Gasteiger partial charge >= 0.3 is 0 Å². The van der Waals surface area contributed by atoms with Crippen molar-refractivity contribution in [3.63, 3.8) is 0 Å². The Labute approximate surface area is 113 Å². The quantitative estimate of drug-likeness (QED) is 0.645. The van der Waals surface area contributed by atoms with Gasteiger partial charge in [0.1, 0.15) is 5.75 Å². The lowest BCUT2D eigenvalue weighted by Gasteiger charge is -2.18. The molecule has 1 unspecified atom stereocenters. The molecule has 19 heavy (non-hydrogen) atoms. The molecule has 102 valence electrons. The molecule has 0 aromatic heterocycles. The van der Waals surface area contributed by atoms with Gasteiger partial charge in [-0.2, -0.15) is 0 Å². The van der Waals surface area contributed by atoms with Crippen LogP contribution in [0.25, 0.3) is 0 Å². The summed E-state index contributed by atoms with van der Waals surface area (Å²) in [6, 6.07) is 5.11. The molecule has 0 aliphatic heterocycles. The summed E-state index contributed by atoms with van der Waals surface area (Å²) < 4.78 is 5.07. The molecule has 1 aliphatic rings. The SMILES string of the molecule is COc1ccc(C(=O)NCC2CC=CCC2)c(N)c1. The molecule has 0 saturated heterocycles. The number of hydrogen-bond donors (Lipinski definition) is 2. The molecule has 0 saturated carbocycles. The van der Waals surface area contributed by atoms with Gasteiger partial charge in [0.05, 0.1) is 12.7 Å². The van der Waals surface area contributed by atoms with E-state index in [2.05, 4.69) is 17.5 Å². The van der Waals surface area contributed by atoms with Crippen LogP contribution in [-0.2, 0) is 0 Å². The maximum Gasteiger partial charge on any atom is 0.253 e. The first-order chi connectivity index (χ1) is 9.20. The van der Waals surface area contributed by atoms with E-state index in [1.54, 1.807) is 25.3 Å². The number of rotatable bonds is 4. The molecule has 0 bridgehead atoms. The summed E-state index contributed by atoms with van der Waals surface area (Å²) in [7, 11) is 1.57. The van der Waals surface area contributed by atoms with Crippen LogP contribution in [0.5, 0.6) is 5.75 Å². The molecule has 0 fully saturated rings. The molecule has 1 atom stereocenters. The second kappa shape index (κ2) is 6.27. The van der Waals surface area contributed by atoms with E-state index in [0.717, 1.165) is 19.3 Å². The molecule has 0 radical (unpaired) electrons. The van der Waals surface area contributed by atoms with E-state index < -0.39 is 0 Å². The Bertz CT molecular complexity index is 483. The fourth-order valence-corrected chi connectivity index (χ4v) is 2.25. The minimum atomic E-state index is -0.116. The van der Waals surface area contributed by atoms with Gasteiger partial charge in [-0.05, 0) is 37.3 Å². The van der Waals surface area contributed by atoms with Crippen LogP contribution < -0.4 is 15.8 Å². The summed E-state index contributed by atoms with van der Waals surface area (Å²) in [5, 5.41) is 2.95. The Balaban J connectivity index is 1.94. The summed E-state index contributed by atoms with van der Waals surface area (Å²) in [6.45, 7) is 0.703. The van der Waals surface area contributed by atoms with Gasteiger partial charge in [0, 0.05) is 18.3 Å². The van der Waals surface area contributed by atoms with Crippen molar-refractivity contribution >= 4 is 11.6 Å². The number of nitrogen functional groups attached to an aromatic ring is 1. The monoisotopic (exact) mass is 260 g/mol. The number of nitrogens with one attached hydrogen (secondary N) is 1.